The molecular formula is C26H31Cl2N5O2. The van der Waals surface area contributed by atoms with E-state index in [0.29, 0.717) is 34.5 Å². The third-order valence-corrected chi connectivity index (χ3v) is 6.03. The average molecular weight is 516 g/mol. The van der Waals surface area contributed by atoms with Crippen molar-refractivity contribution in [3.8, 4) is 5.69 Å². The molecule has 0 radical (unpaired) electrons. The molecule has 0 unspecified atom stereocenters. The standard InChI is InChI=1S/C26H31Cl2N5O2/c1-6-14-32(25(35)30-24-18(27)11-9-12-19(24)28)16-23(34)29-22-15-21(26(3,4)5)31-33(22)20-13-8-7-10-17(20)2/h7-13,15H,6,14,16H2,1-5H3,(H,29,34)(H,30,35). The van der Waals surface area contributed by atoms with E-state index in [2.05, 4.69) is 31.4 Å². The van der Waals surface area contributed by atoms with Crippen LogP contribution < -0.4 is 10.6 Å². The van der Waals surface area contributed by atoms with Gasteiger partial charge in [0, 0.05) is 18.0 Å². The minimum Gasteiger partial charge on any atom is -0.315 e. The molecule has 2 N–H and O–H groups in total. The Kier molecular flexibility index (Phi) is 8.46. The summed E-state index contributed by atoms with van der Waals surface area (Å²) in [6.07, 6.45) is 0.673. The number of rotatable bonds is 7. The molecule has 0 aliphatic carbocycles. The van der Waals surface area contributed by atoms with Crippen LogP contribution in [-0.2, 0) is 10.2 Å². The maximum absolute atomic E-state index is 13.1. The van der Waals surface area contributed by atoms with Crippen LogP contribution in [0.15, 0.2) is 48.5 Å². The number of hydrogen-bond acceptors (Lipinski definition) is 3. The highest BCUT2D eigenvalue weighted by atomic mass is 35.5. The molecule has 3 aromatic rings. The summed E-state index contributed by atoms with van der Waals surface area (Å²) in [6, 6.07) is 14.2. The Morgan fingerprint density at radius 3 is 2.29 bits per heavy atom. The van der Waals surface area contributed by atoms with Crippen LogP contribution in [0.4, 0.5) is 16.3 Å². The molecule has 35 heavy (non-hydrogen) atoms. The Hall–Kier alpha value is -3.03. The lowest BCUT2D eigenvalue weighted by Gasteiger charge is -2.23. The maximum atomic E-state index is 13.1. The number of amides is 3. The van der Waals surface area contributed by atoms with Gasteiger partial charge < -0.3 is 15.5 Å². The fourth-order valence-electron chi connectivity index (χ4n) is 3.50. The van der Waals surface area contributed by atoms with Crippen molar-refractivity contribution in [3.63, 3.8) is 0 Å². The van der Waals surface area contributed by atoms with E-state index < -0.39 is 6.03 Å². The Morgan fingerprint density at radius 1 is 1.03 bits per heavy atom. The molecular weight excluding hydrogens is 485 g/mol. The summed E-state index contributed by atoms with van der Waals surface area (Å²) in [7, 11) is 0. The number of halogens is 2. The molecule has 1 aromatic heterocycles. The van der Waals surface area contributed by atoms with Gasteiger partial charge in [0.15, 0.2) is 0 Å². The highest BCUT2D eigenvalue weighted by Crippen LogP contribution is 2.30. The Balaban J connectivity index is 1.83. The van der Waals surface area contributed by atoms with E-state index in [1.165, 1.54) is 4.90 Å². The van der Waals surface area contributed by atoms with Gasteiger partial charge in [0.2, 0.25) is 5.91 Å². The summed E-state index contributed by atoms with van der Waals surface area (Å²) in [5.74, 6) is 0.203. The molecule has 0 spiro atoms. The molecule has 3 rings (SSSR count). The van der Waals surface area contributed by atoms with E-state index in [1.807, 2.05) is 44.2 Å². The minimum atomic E-state index is -0.459. The predicted molar refractivity (Wildman–Crippen MR) is 143 cm³/mol. The summed E-state index contributed by atoms with van der Waals surface area (Å²) in [6.45, 7) is 10.4. The van der Waals surface area contributed by atoms with Crippen molar-refractivity contribution in [1.82, 2.24) is 14.7 Å². The number of nitrogens with one attached hydrogen (secondary N) is 2. The first kappa shape index (κ1) is 26.6. The number of carbonyl (C=O) groups is 2. The van der Waals surface area contributed by atoms with Crippen LogP contribution >= 0.6 is 23.2 Å². The van der Waals surface area contributed by atoms with E-state index in [4.69, 9.17) is 28.3 Å². The Bertz CT molecular complexity index is 1200. The SMILES string of the molecule is CCCN(CC(=O)Nc1cc(C(C)(C)C)nn1-c1ccccc1C)C(=O)Nc1c(Cl)cccc1Cl. The number of carbonyl (C=O) groups excluding carboxylic acids is 2. The fourth-order valence-corrected chi connectivity index (χ4v) is 3.99. The molecule has 0 atom stereocenters. The van der Waals surface area contributed by atoms with Crippen LogP contribution in [0.3, 0.4) is 0 Å². The largest absolute Gasteiger partial charge is 0.322 e. The molecule has 2 aromatic carbocycles. The predicted octanol–water partition coefficient (Wildman–Crippen LogP) is 6.67. The first-order valence-corrected chi connectivity index (χ1v) is 12.2. The topological polar surface area (TPSA) is 79.3 Å². The van der Waals surface area contributed by atoms with Gasteiger partial charge in [-0.1, -0.05) is 75.2 Å². The minimum absolute atomic E-state index is 0.147. The van der Waals surface area contributed by atoms with Crippen LogP contribution in [0.1, 0.15) is 45.4 Å². The zero-order chi connectivity index (χ0) is 25.8. The van der Waals surface area contributed by atoms with Gasteiger partial charge in [0.25, 0.3) is 0 Å². The van der Waals surface area contributed by atoms with Crippen molar-refractivity contribution in [1.29, 1.82) is 0 Å². The highest BCUT2D eigenvalue weighted by Gasteiger charge is 2.24. The van der Waals surface area contributed by atoms with Gasteiger partial charge >= 0.3 is 6.03 Å². The number of urea groups is 1. The highest BCUT2D eigenvalue weighted by molar-refractivity contribution is 6.39. The quantitative estimate of drug-likeness (QED) is 0.368. The van der Waals surface area contributed by atoms with Gasteiger partial charge in [0.05, 0.1) is 27.1 Å². The van der Waals surface area contributed by atoms with E-state index in [0.717, 1.165) is 16.9 Å². The number of anilines is 2. The maximum Gasteiger partial charge on any atom is 0.322 e. The van der Waals surface area contributed by atoms with E-state index in [9.17, 15) is 9.59 Å². The van der Waals surface area contributed by atoms with Crippen molar-refractivity contribution >= 4 is 46.6 Å². The van der Waals surface area contributed by atoms with E-state index in [-0.39, 0.29) is 17.9 Å². The Labute approximate surface area is 216 Å². The Morgan fingerprint density at radius 2 is 1.69 bits per heavy atom. The number of nitrogens with zero attached hydrogens (tertiary/aromatic N) is 3. The van der Waals surface area contributed by atoms with Crippen molar-refractivity contribution in [2.24, 2.45) is 0 Å². The van der Waals surface area contributed by atoms with Gasteiger partial charge in [0.1, 0.15) is 12.4 Å². The summed E-state index contributed by atoms with van der Waals surface area (Å²) in [4.78, 5) is 27.5. The lowest BCUT2D eigenvalue weighted by Crippen LogP contribution is -2.41. The van der Waals surface area contributed by atoms with Crippen molar-refractivity contribution in [3.05, 3.63) is 69.8 Å². The van der Waals surface area contributed by atoms with Crippen molar-refractivity contribution in [2.45, 2.75) is 46.5 Å². The van der Waals surface area contributed by atoms with E-state index >= 15 is 0 Å². The second-order valence-electron chi connectivity index (χ2n) is 9.36. The summed E-state index contributed by atoms with van der Waals surface area (Å²) < 4.78 is 1.74. The monoisotopic (exact) mass is 515 g/mol. The first-order valence-electron chi connectivity index (χ1n) is 11.5. The molecule has 1 heterocycles. The third-order valence-electron chi connectivity index (χ3n) is 5.40. The molecule has 7 nitrogen and oxygen atoms in total. The number of para-hydroxylation sites is 2. The zero-order valence-electron chi connectivity index (χ0n) is 20.7. The van der Waals surface area contributed by atoms with Gasteiger partial charge in [-0.05, 0) is 37.1 Å². The van der Waals surface area contributed by atoms with Gasteiger partial charge in [-0.25, -0.2) is 9.48 Å². The smallest absolute Gasteiger partial charge is 0.315 e. The van der Waals surface area contributed by atoms with Gasteiger partial charge in [-0.2, -0.15) is 5.10 Å². The fraction of sp³-hybridized carbons (Fsp3) is 0.346. The summed E-state index contributed by atoms with van der Waals surface area (Å²) in [5, 5.41) is 11.1. The number of hydrogen-bond donors (Lipinski definition) is 2. The third kappa shape index (κ3) is 6.55. The van der Waals surface area contributed by atoms with Gasteiger partial charge in [-0.3, -0.25) is 4.79 Å². The second kappa shape index (κ2) is 11.1. The first-order chi connectivity index (χ1) is 16.5. The van der Waals surface area contributed by atoms with Crippen molar-refractivity contribution < 1.29 is 9.59 Å². The molecule has 0 saturated heterocycles. The van der Waals surface area contributed by atoms with Gasteiger partial charge in [-0.15, -0.1) is 0 Å². The van der Waals surface area contributed by atoms with Crippen LogP contribution in [-0.4, -0.2) is 39.7 Å². The number of benzene rings is 2. The van der Waals surface area contributed by atoms with E-state index in [1.54, 1.807) is 22.9 Å². The zero-order valence-corrected chi connectivity index (χ0v) is 22.2. The molecule has 0 fully saturated rings. The molecule has 0 aliphatic rings. The lowest BCUT2D eigenvalue weighted by atomic mass is 9.92. The summed E-state index contributed by atoms with van der Waals surface area (Å²) >= 11 is 12.4. The van der Waals surface area contributed by atoms with Crippen LogP contribution in [0.5, 0.6) is 0 Å². The van der Waals surface area contributed by atoms with Crippen LogP contribution in [0, 0.1) is 6.92 Å². The van der Waals surface area contributed by atoms with Crippen LogP contribution in [0.25, 0.3) is 5.69 Å². The second-order valence-corrected chi connectivity index (χ2v) is 10.2. The number of aryl methyl sites for hydroxylation is 1. The molecule has 0 aliphatic heterocycles. The molecule has 0 saturated carbocycles. The molecule has 3 amide bonds. The molecule has 0 bridgehead atoms. The van der Waals surface area contributed by atoms with Crippen molar-refractivity contribution in [2.75, 3.05) is 23.7 Å². The average Bonchev–Trinajstić information content (AvgIpc) is 3.20. The normalized spacial score (nSPS) is 11.3. The summed E-state index contributed by atoms with van der Waals surface area (Å²) in [5.41, 5.74) is 2.84. The number of aromatic nitrogens is 2. The van der Waals surface area contributed by atoms with Crippen LogP contribution in [0.2, 0.25) is 10.0 Å². The molecule has 9 heteroatoms. The lowest BCUT2D eigenvalue weighted by molar-refractivity contribution is -0.116. The molecule has 186 valence electrons.